The summed E-state index contributed by atoms with van der Waals surface area (Å²) >= 11 is 2.95. The molecule has 0 aromatic carbocycles. The van der Waals surface area contributed by atoms with Gasteiger partial charge in [-0.25, -0.2) is 26.6 Å². The molecule has 0 aliphatic carbocycles. The van der Waals surface area contributed by atoms with E-state index in [0.717, 1.165) is 4.68 Å². The third-order valence-electron chi connectivity index (χ3n) is 1.77. The van der Waals surface area contributed by atoms with Crippen molar-refractivity contribution in [2.75, 3.05) is 19.8 Å². The van der Waals surface area contributed by atoms with E-state index in [1.807, 2.05) is 0 Å². The van der Waals surface area contributed by atoms with Gasteiger partial charge in [0.15, 0.2) is 4.60 Å². The number of hydrogen-bond acceptors (Lipinski definition) is 5. The van der Waals surface area contributed by atoms with Gasteiger partial charge in [-0.2, -0.15) is 0 Å². The summed E-state index contributed by atoms with van der Waals surface area (Å²) in [4.78, 5) is 0. The Morgan fingerprint density at radius 3 is 2.72 bits per heavy atom. The Hall–Kier alpha value is -0.650. The highest BCUT2D eigenvalue weighted by atomic mass is 79.9. The van der Waals surface area contributed by atoms with Crippen LogP contribution in [0.2, 0.25) is 0 Å². The first kappa shape index (κ1) is 15.4. The Kier molecular flexibility index (Phi) is 5.56. The maximum atomic E-state index is 11.8. The van der Waals surface area contributed by atoms with Crippen molar-refractivity contribution in [3.63, 3.8) is 0 Å². The lowest BCUT2D eigenvalue weighted by atomic mass is 10.7. The van der Waals surface area contributed by atoms with Crippen LogP contribution in [0.3, 0.4) is 0 Å². The number of ether oxygens (including phenoxy) is 1. The van der Waals surface area contributed by atoms with E-state index < -0.39 is 23.1 Å². The van der Waals surface area contributed by atoms with Crippen LogP contribution in [0.1, 0.15) is 0 Å². The van der Waals surface area contributed by atoms with Crippen LogP contribution in [0.25, 0.3) is 0 Å². The zero-order valence-electron chi connectivity index (χ0n) is 9.31. The number of aromatic nitrogens is 3. The Morgan fingerprint density at radius 1 is 1.56 bits per heavy atom. The highest BCUT2D eigenvalue weighted by Crippen LogP contribution is 2.17. The molecule has 0 aliphatic heterocycles. The summed E-state index contributed by atoms with van der Waals surface area (Å²) in [5.41, 5.74) is 0. The van der Waals surface area contributed by atoms with Crippen molar-refractivity contribution in [1.82, 2.24) is 19.7 Å². The fourth-order valence-corrected chi connectivity index (χ4v) is 3.20. The average molecular weight is 349 g/mol. The molecule has 0 saturated carbocycles. The smallest absolute Gasteiger partial charge is 0.261 e. The van der Waals surface area contributed by atoms with E-state index in [1.54, 1.807) is 0 Å². The van der Waals surface area contributed by atoms with Crippen molar-refractivity contribution in [1.29, 1.82) is 0 Å². The highest BCUT2D eigenvalue weighted by molar-refractivity contribution is 9.10. The van der Waals surface area contributed by atoms with E-state index in [2.05, 4.69) is 35.7 Å². The molecule has 0 bridgehead atoms. The number of rotatable bonds is 7. The highest BCUT2D eigenvalue weighted by Gasteiger charge is 2.23. The second-order valence-electron chi connectivity index (χ2n) is 3.17. The molecule has 1 aromatic rings. The van der Waals surface area contributed by atoms with Gasteiger partial charge in [-0.05, 0) is 15.9 Å². The summed E-state index contributed by atoms with van der Waals surface area (Å²) in [5, 5.41) is 6.91. The molecular formula is C7H11BrF2N4O3S. The molecule has 1 aromatic heterocycles. The minimum absolute atomic E-state index is 0.0750. The molecule has 104 valence electrons. The molecule has 1 rings (SSSR count). The van der Waals surface area contributed by atoms with Gasteiger partial charge >= 0.3 is 0 Å². The third kappa shape index (κ3) is 4.23. The van der Waals surface area contributed by atoms with Crippen LogP contribution < -0.4 is 4.72 Å². The van der Waals surface area contributed by atoms with Crippen molar-refractivity contribution in [2.24, 2.45) is 7.05 Å². The first-order valence-corrected chi connectivity index (χ1v) is 7.03. The molecule has 0 spiro atoms. The molecule has 0 saturated heterocycles. The number of nitrogens with one attached hydrogen (secondary N) is 1. The van der Waals surface area contributed by atoms with Gasteiger partial charge in [0.05, 0.1) is 6.61 Å². The number of nitrogens with zero attached hydrogens (tertiary/aromatic N) is 3. The average Bonchev–Trinajstić information content (AvgIpc) is 2.57. The molecule has 0 radical (unpaired) electrons. The molecule has 1 N–H and O–H groups in total. The van der Waals surface area contributed by atoms with Crippen LogP contribution >= 0.6 is 15.9 Å². The Morgan fingerprint density at radius 2 is 2.22 bits per heavy atom. The monoisotopic (exact) mass is 348 g/mol. The van der Waals surface area contributed by atoms with Crippen molar-refractivity contribution >= 4 is 26.0 Å². The van der Waals surface area contributed by atoms with Gasteiger partial charge in [-0.1, -0.05) is 5.21 Å². The van der Waals surface area contributed by atoms with E-state index in [9.17, 15) is 17.2 Å². The van der Waals surface area contributed by atoms with Crippen LogP contribution in [-0.2, 0) is 21.8 Å². The number of sulfonamides is 1. The minimum Gasteiger partial charge on any atom is -0.374 e. The molecule has 11 heteroatoms. The maximum absolute atomic E-state index is 11.8. The fourth-order valence-electron chi connectivity index (χ4n) is 1.10. The van der Waals surface area contributed by atoms with Crippen LogP contribution in [0.15, 0.2) is 9.63 Å². The molecule has 18 heavy (non-hydrogen) atoms. The van der Waals surface area contributed by atoms with Gasteiger partial charge in [-0.15, -0.1) is 5.10 Å². The van der Waals surface area contributed by atoms with Gasteiger partial charge in [0, 0.05) is 13.6 Å². The number of halogens is 3. The lowest BCUT2D eigenvalue weighted by Crippen LogP contribution is -2.29. The fraction of sp³-hybridized carbons (Fsp3) is 0.714. The number of alkyl halides is 2. The van der Waals surface area contributed by atoms with E-state index in [-0.39, 0.29) is 22.8 Å². The first-order valence-electron chi connectivity index (χ1n) is 4.75. The van der Waals surface area contributed by atoms with Gasteiger partial charge in [0.1, 0.15) is 6.61 Å². The Labute approximate surface area is 111 Å². The SMILES string of the molecule is Cn1nnc(Br)c1S(=O)(=O)NCCOCC(F)F. The summed E-state index contributed by atoms with van der Waals surface area (Å²) in [6, 6.07) is 0. The lowest BCUT2D eigenvalue weighted by molar-refractivity contribution is 0.0199. The van der Waals surface area contributed by atoms with Crippen molar-refractivity contribution in [2.45, 2.75) is 11.5 Å². The van der Waals surface area contributed by atoms with Crippen molar-refractivity contribution in [3.8, 4) is 0 Å². The Balaban J connectivity index is 2.51. The predicted molar refractivity (Wildman–Crippen MR) is 60.7 cm³/mol. The molecule has 0 aliphatic rings. The van der Waals surface area contributed by atoms with Crippen LogP contribution in [0.4, 0.5) is 8.78 Å². The van der Waals surface area contributed by atoms with Crippen LogP contribution in [0.5, 0.6) is 0 Å². The molecular weight excluding hydrogens is 338 g/mol. The van der Waals surface area contributed by atoms with Gasteiger partial charge in [0.25, 0.3) is 16.4 Å². The van der Waals surface area contributed by atoms with Gasteiger partial charge in [-0.3, -0.25) is 0 Å². The van der Waals surface area contributed by atoms with E-state index in [0.29, 0.717) is 0 Å². The normalized spacial score (nSPS) is 12.3. The second-order valence-corrected chi connectivity index (χ2v) is 5.61. The molecule has 0 unspecified atom stereocenters. The quantitative estimate of drug-likeness (QED) is 0.708. The van der Waals surface area contributed by atoms with E-state index >= 15 is 0 Å². The molecule has 7 nitrogen and oxygen atoms in total. The second kappa shape index (κ2) is 6.50. The molecule has 0 amide bonds. The van der Waals surface area contributed by atoms with Gasteiger partial charge in [0.2, 0.25) is 5.03 Å². The molecule has 1 heterocycles. The maximum Gasteiger partial charge on any atom is 0.261 e. The molecule has 0 atom stereocenters. The van der Waals surface area contributed by atoms with Crippen LogP contribution in [0, 0.1) is 0 Å². The number of hydrogen-bond donors (Lipinski definition) is 1. The summed E-state index contributed by atoms with van der Waals surface area (Å²) in [6.07, 6.45) is -2.57. The van der Waals surface area contributed by atoms with Crippen LogP contribution in [-0.4, -0.2) is 49.6 Å². The van der Waals surface area contributed by atoms with Crippen molar-refractivity contribution < 1.29 is 21.9 Å². The number of aryl methyl sites for hydroxylation is 1. The largest absolute Gasteiger partial charge is 0.374 e. The standard InChI is InChI=1S/C7H11BrF2N4O3S/c1-14-7(6(8)12-13-14)18(15,16)11-2-3-17-4-5(9)10/h5,11H,2-4H2,1H3. The topological polar surface area (TPSA) is 86.1 Å². The first-order chi connectivity index (χ1) is 8.34. The van der Waals surface area contributed by atoms with Gasteiger partial charge < -0.3 is 4.74 Å². The summed E-state index contributed by atoms with van der Waals surface area (Å²) in [6.45, 7) is -0.988. The zero-order valence-corrected chi connectivity index (χ0v) is 11.7. The summed E-state index contributed by atoms with van der Waals surface area (Å²) < 4.78 is 54.9. The van der Waals surface area contributed by atoms with Crippen molar-refractivity contribution in [3.05, 3.63) is 4.60 Å². The minimum atomic E-state index is -3.81. The Bertz CT molecular complexity index is 473. The van der Waals surface area contributed by atoms with E-state index in [4.69, 9.17) is 0 Å². The summed E-state index contributed by atoms with van der Waals surface area (Å²) in [7, 11) is -2.39. The predicted octanol–water partition coefficient (Wildman–Crippen LogP) is 0.138. The van der Waals surface area contributed by atoms with E-state index in [1.165, 1.54) is 7.05 Å². The summed E-state index contributed by atoms with van der Waals surface area (Å²) in [5.74, 6) is 0. The molecule has 0 fully saturated rings. The zero-order chi connectivity index (χ0) is 13.8. The third-order valence-corrected chi connectivity index (χ3v) is 4.12. The lowest BCUT2D eigenvalue weighted by Gasteiger charge is -2.07.